The monoisotopic (exact) mass is 312 g/mol. The van der Waals surface area contributed by atoms with Crippen molar-refractivity contribution in [3.63, 3.8) is 0 Å². The number of ether oxygens (including phenoxy) is 2. The summed E-state index contributed by atoms with van der Waals surface area (Å²) in [6.07, 6.45) is 1.57. The molecule has 0 amide bonds. The second-order valence-corrected chi connectivity index (χ2v) is 5.62. The van der Waals surface area contributed by atoms with E-state index in [1.54, 1.807) is 20.1 Å². The molecule has 0 fully saturated rings. The van der Waals surface area contributed by atoms with Gasteiger partial charge >= 0.3 is 5.97 Å². The van der Waals surface area contributed by atoms with Gasteiger partial charge < -0.3 is 14.6 Å². The fourth-order valence-corrected chi connectivity index (χ4v) is 2.33. The number of halogens is 1. The van der Waals surface area contributed by atoms with Gasteiger partial charge in [-0.2, -0.15) is 0 Å². The SMILES string of the molecule is CCOC(=CC(C)(C)c1ccc(C)c(Cl)c1OC)C(=O)O. The Hall–Kier alpha value is -1.68. The molecule has 1 aromatic rings. The summed E-state index contributed by atoms with van der Waals surface area (Å²) in [6, 6.07) is 3.78. The van der Waals surface area contributed by atoms with E-state index in [2.05, 4.69) is 0 Å². The quantitative estimate of drug-likeness (QED) is 0.638. The Balaban J connectivity index is 3.39. The average molecular weight is 313 g/mol. The number of aryl methyl sites for hydroxylation is 1. The van der Waals surface area contributed by atoms with Crippen molar-refractivity contribution in [1.82, 2.24) is 0 Å². The summed E-state index contributed by atoms with van der Waals surface area (Å²) in [5, 5.41) is 9.72. The van der Waals surface area contributed by atoms with Crippen LogP contribution < -0.4 is 4.74 Å². The van der Waals surface area contributed by atoms with Crippen molar-refractivity contribution in [3.05, 3.63) is 40.1 Å². The highest BCUT2D eigenvalue weighted by Crippen LogP contribution is 2.39. The van der Waals surface area contributed by atoms with Crippen molar-refractivity contribution in [2.75, 3.05) is 13.7 Å². The average Bonchev–Trinajstić information content (AvgIpc) is 2.40. The Morgan fingerprint density at radius 1 is 1.43 bits per heavy atom. The third kappa shape index (κ3) is 3.91. The molecule has 0 atom stereocenters. The van der Waals surface area contributed by atoms with Gasteiger partial charge in [0.15, 0.2) is 0 Å². The van der Waals surface area contributed by atoms with E-state index < -0.39 is 11.4 Å². The van der Waals surface area contributed by atoms with Gasteiger partial charge in [-0.15, -0.1) is 0 Å². The minimum atomic E-state index is -1.10. The molecule has 0 aromatic heterocycles. The van der Waals surface area contributed by atoms with Crippen molar-refractivity contribution >= 4 is 17.6 Å². The van der Waals surface area contributed by atoms with Crippen LogP contribution in [0.1, 0.15) is 31.9 Å². The number of methoxy groups -OCH3 is 1. The lowest BCUT2D eigenvalue weighted by molar-refractivity contribution is -0.136. The number of carboxylic acids is 1. The van der Waals surface area contributed by atoms with Gasteiger partial charge in [-0.05, 0) is 25.5 Å². The third-order valence-corrected chi connectivity index (χ3v) is 3.66. The Kier molecular flexibility index (Phi) is 5.67. The highest BCUT2D eigenvalue weighted by molar-refractivity contribution is 6.33. The van der Waals surface area contributed by atoms with E-state index >= 15 is 0 Å². The molecule has 0 unspecified atom stereocenters. The number of allylic oxidation sites excluding steroid dienone is 1. The summed E-state index contributed by atoms with van der Waals surface area (Å²) in [5.41, 5.74) is 1.10. The minimum Gasteiger partial charge on any atom is -0.495 e. The zero-order valence-corrected chi connectivity index (χ0v) is 13.7. The number of carbonyl (C=O) groups is 1. The molecule has 0 saturated heterocycles. The van der Waals surface area contributed by atoms with Crippen LogP contribution >= 0.6 is 11.6 Å². The number of benzene rings is 1. The lowest BCUT2D eigenvalue weighted by Crippen LogP contribution is -2.19. The summed E-state index contributed by atoms with van der Waals surface area (Å²) in [5.74, 6) is -0.623. The fraction of sp³-hybridized carbons (Fsp3) is 0.438. The van der Waals surface area contributed by atoms with Crippen molar-refractivity contribution in [2.45, 2.75) is 33.1 Å². The van der Waals surface area contributed by atoms with Crippen molar-refractivity contribution in [2.24, 2.45) is 0 Å². The van der Waals surface area contributed by atoms with Crippen LogP contribution in [-0.4, -0.2) is 24.8 Å². The van der Waals surface area contributed by atoms with Crippen LogP contribution in [0.25, 0.3) is 0 Å². The largest absolute Gasteiger partial charge is 0.495 e. The molecule has 4 nitrogen and oxygen atoms in total. The van der Waals surface area contributed by atoms with Crippen LogP contribution in [0.3, 0.4) is 0 Å². The molecule has 0 bridgehead atoms. The summed E-state index contributed by atoms with van der Waals surface area (Å²) in [6.45, 7) is 7.70. The first-order chi connectivity index (χ1) is 9.74. The molecule has 0 spiro atoms. The van der Waals surface area contributed by atoms with E-state index in [9.17, 15) is 9.90 Å². The number of hydrogen-bond acceptors (Lipinski definition) is 3. The van der Waals surface area contributed by atoms with Crippen LogP contribution in [0.2, 0.25) is 5.02 Å². The minimum absolute atomic E-state index is 0.0822. The van der Waals surface area contributed by atoms with Gasteiger partial charge in [0.05, 0.1) is 18.7 Å². The van der Waals surface area contributed by atoms with Gasteiger partial charge in [-0.1, -0.05) is 37.6 Å². The van der Waals surface area contributed by atoms with Gasteiger partial charge in [0.1, 0.15) is 5.75 Å². The molecular weight excluding hydrogens is 292 g/mol. The summed E-state index contributed by atoms with van der Waals surface area (Å²) in [4.78, 5) is 11.2. The van der Waals surface area contributed by atoms with E-state index in [-0.39, 0.29) is 5.76 Å². The predicted molar refractivity (Wildman–Crippen MR) is 83.1 cm³/mol. The molecule has 0 aliphatic heterocycles. The van der Waals surface area contributed by atoms with Gasteiger partial charge in [0.2, 0.25) is 5.76 Å². The Morgan fingerprint density at radius 3 is 2.52 bits per heavy atom. The number of hydrogen-bond donors (Lipinski definition) is 1. The number of aliphatic carboxylic acids is 1. The third-order valence-electron chi connectivity index (χ3n) is 3.19. The molecule has 116 valence electrons. The second-order valence-electron chi connectivity index (χ2n) is 5.25. The summed E-state index contributed by atoms with van der Waals surface area (Å²) < 4.78 is 10.6. The molecule has 0 radical (unpaired) electrons. The number of rotatable bonds is 6. The summed E-state index contributed by atoms with van der Waals surface area (Å²) in [7, 11) is 1.55. The Morgan fingerprint density at radius 2 is 2.05 bits per heavy atom. The van der Waals surface area contributed by atoms with Crippen molar-refractivity contribution < 1.29 is 19.4 Å². The lowest BCUT2D eigenvalue weighted by atomic mass is 9.83. The van der Waals surface area contributed by atoms with E-state index in [0.717, 1.165) is 11.1 Å². The van der Waals surface area contributed by atoms with Gasteiger partial charge in [-0.25, -0.2) is 4.79 Å². The summed E-state index contributed by atoms with van der Waals surface area (Å²) >= 11 is 6.27. The molecule has 21 heavy (non-hydrogen) atoms. The van der Waals surface area contributed by atoms with Crippen molar-refractivity contribution in [3.8, 4) is 5.75 Å². The maximum atomic E-state index is 11.2. The van der Waals surface area contributed by atoms with Crippen LogP contribution in [0.4, 0.5) is 0 Å². The molecule has 1 N–H and O–H groups in total. The highest BCUT2D eigenvalue weighted by atomic mass is 35.5. The molecule has 0 aliphatic carbocycles. The molecule has 5 heteroatoms. The number of carboxylic acid groups (broad SMARTS) is 1. The van der Waals surface area contributed by atoms with Crippen LogP contribution in [0, 0.1) is 6.92 Å². The Bertz CT molecular complexity index is 562. The lowest BCUT2D eigenvalue weighted by Gasteiger charge is -2.25. The molecule has 0 heterocycles. The van der Waals surface area contributed by atoms with Gasteiger partial charge in [0, 0.05) is 11.0 Å². The predicted octanol–water partition coefficient (Wildman–Crippen LogP) is 3.94. The zero-order valence-electron chi connectivity index (χ0n) is 13.0. The van der Waals surface area contributed by atoms with Crippen molar-refractivity contribution in [1.29, 1.82) is 0 Å². The molecular formula is C16H21ClO4. The maximum Gasteiger partial charge on any atom is 0.370 e. The van der Waals surface area contributed by atoms with Crippen LogP contribution in [0.5, 0.6) is 5.75 Å². The van der Waals surface area contributed by atoms with Gasteiger partial charge in [0.25, 0.3) is 0 Å². The highest BCUT2D eigenvalue weighted by Gasteiger charge is 2.27. The maximum absolute atomic E-state index is 11.2. The fourth-order valence-electron chi connectivity index (χ4n) is 2.09. The standard InChI is InChI=1S/C16H21ClO4/c1-6-21-12(15(18)19)9-16(3,4)11-8-7-10(2)13(17)14(11)20-5/h7-9H,6H2,1-5H3,(H,18,19). The first-order valence-corrected chi connectivity index (χ1v) is 7.04. The molecule has 0 saturated carbocycles. The van der Waals surface area contributed by atoms with E-state index in [0.29, 0.717) is 17.4 Å². The first kappa shape index (κ1) is 17.4. The first-order valence-electron chi connectivity index (χ1n) is 6.67. The Labute approximate surface area is 130 Å². The van der Waals surface area contributed by atoms with E-state index in [1.807, 2.05) is 32.9 Å². The van der Waals surface area contributed by atoms with E-state index in [4.69, 9.17) is 21.1 Å². The topological polar surface area (TPSA) is 55.8 Å². The van der Waals surface area contributed by atoms with E-state index in [1.165, 1.54) is 0 Å². The van der Waals surface area contributed by atoms with Crippen LogP contribution in [0.15, 0.2) is 24.0 Å². The molecule has 0 aliphatic rings. The molecule has 1 rings (SSSR count). The normalized spacial score (nSPS) is 12.2. The van der Waals surface area contributed by atoms with Gasteiger partial charge in [-0.3, -0.25) is 0 Å². The zero-order chi connectivity index (χ0) is 16.2. The second kappa shape index (κ2) is 6.85. The molecule has 1 aromatic carbocycles. The van der Waals surface area contributed by atoms with Crippen LogP contribution in [-0.2, 0) is 14.9 Å². The smallest absolute Gasteiger partial charge is 0.370 e.